The second-order valence-electron chi connectivity index (χ2n) is 4.18. The summed E-state index contributed by atoms with van der Waals surface area (Å²) in [5.74, 6) is 0.269. The van der Waals surface area contributed by atoms with Crippen LogP contribution in [0.4, 0.5) is 16.4 Å². The van der Waals surface area contributed by atoms with Gasteiger partial charge in [0, 0.05) is 17.8 Å². The van der Waals surface area contributed by atoms with Crippen molar-refractivity contribution in [1.82, 2.24) is 9.97 Å². The number of nitrogens with one attached hydrogen (secondary N) is 2. The van der Waals surface area contributed by atoms with Crippen molar-refractivity contribution in [3.05, 3.63) is 60.9 Å². The molecular weight excluding hydrogens is 252 g/mol. The number of nitrogens with zero attached hydrogens (tertiary/aromatic N) is 2. The third-order valence-electron chi connectivity index (χ3n) is 2.83. The van der Waals surface area contributed by atoms with Crippen LogP contribution >= 0.6 is 0 Å². The second kappa shape index (κ2) is 5.36. The standard InChI is InChI=1S/C15H12N4O/c20-15(19-14-16-9-4-10-17-14)18-13-8-3-6-11-5-1-2-7-12(11)13/h1-10H,(H2,16,17,18,19,20). The van der Waals surface area contributed by atoms with Crippen molar-refractivity contribution < 1.29 is 4.79 Å². The molecule has 0 aliphatic rings. The maximum atomic E-state index is 11.9. The number of carbonyl (C=O) groups is 1. The third-order valence-corrected chi connectivity index (χ3v) is 2.83. The van der Waals surface area contributed by atoms with Crippen LogP contribution < -0.4 is 10.6 Å². The molecule has 0 bridgehead atoms. The van der Waals surface area contributed by atoms with Crippen LogP contribution in [0.1, 0.15) is 0 Å². The molecule has 2 aromatic carbocycles. The topological polar surface area (TPSA) is 66.9 Å². The molecule has 0 unspecified atom stereocenters. The predicted octanol–water partition coefficient (Wildman–Crippen LogP) is 3.27. The van der Waals surface area contributed by atoms with E-state index in [-0.39, 0.29) is 12.0 Å². The Hall–Kier alpha value is -2.95. The lowest BCUT2D eigenvalue weighted by molar-refractivity contribution is 0.262. The fourth-order valence-corrected chi connectivity index (χ4v) is 1.95. The third kappa shape index (κ3) is 2.56. The molecule has 3 rings (SSSR count). The van der Waals surface area contributed by atoms with Gasteiger partial charge in [0.15, 0.2) is 0 Å². The summed E-state index contributed by atoms with van der Waals surface area (Å²) in [7, 11) is 0. The van der Waals surface area contributed by atoms with Crippen LogP contribution in [0.15, 0.2) is 60.9 Å². The minimum absolute atomic E-state index is 0.269. The van der Waals surface area contributed by atoms with Crippen molar-refractivity contribution in [3.8, 4) is 0 Å². The molecule has 5 heteroatoms. The first-order valence-corrected chi connectivity index (χ1v) is 6.16. The number of fused-ring (bicyclic) bond motifs is 1. The Kier molecular flexibility index (Phi) is 3.24. The first-order valence-electron chi connectivity index (χ1n) is 6.16. The molecule has 5 nitrogen and oxygen atoms in total. The molecule has 0 saturated carbocycles. The smallest absolute Gasteiger partial charge is 0.307 e. The van der Waals surface area contributed by atoms with E-state index in [1.165, 1.54) is 0 Å². The SMILES string of the molecule is O=C(Nc1ncccn1)Nc1cccc2ccccc12. The van der Waals surface area contributed by atoms with E-state index in [1.807, 2.05) is 42.5 Å². The van der Waals surface area contributed by atoms with E-state index in [0.717, 1.165) is 16.5 Å². The largest absolute Gasteiger partial charge is 0.326 e. The summed E-state index contributed by atoms with van der Waals surface area (Å²) in [6.45, 7) is 0. The quantitative estimate of drug-likeness (QED) is 0.746. The second-order valence-corrected chi connectivity index (χ2v) is 4.18. The summed E-state index contributed by atoms with van der Waals surface area (Å²) in [4.78, 5) is 19.8. The van der Waals surface area contributed by atoms with Gasteiger partial charge in [0.1, 0.15) is 0 Å². The van der Waals surface area contributed by atoms with Crippen LogP contribution in [0.5, 0.6) is 0 Å². The fourth-order valence-electron chi connectivity index (χ4n) is 1.95. The minimum atomic E-state index is -0.368. The number of amides is 2. The predicted molar refractivity (Wildman–Crippen MR) is 78.6 cm³/mol. The summed E-state index contributed by atoms with van der Waals surface area (Å²) in [6.07, 6.45) is 3.14. The molecule has 3 aromatic rings. The number of urea groups is 1. The zero-order chi connectivity index (χ0) is 13.8. The maximum Gasteiger partial charge on any atom is 0.326 e. The van der Waals surface area contributed by atoms with Crippen LogP contribution in [0.2, 0.25) is 0 Å². The normalized spacial score (nSPS) is 10.2. The molecule has 0 saturated heterocycles. The Bertz CT molecular complexity index is 738. The first kappa shape index (κ1) is 12.1. The maximum absolute atomic E-state index is 11.9. The lowest BCUT2D eigenvalue weighted by Crippen LogP contribution is -2.20. The van der Waals surface area contributed by atoms with Gasteiger partial charge in [0.25, 0.3) is 0 Å². The Balaban J connectivity index is 1.81. The van der Waals surface area contributed by atoms with E-state index in [1.54, 1.807) is 18.5 Å². The van der Waals surface area contributed by atoms with Crippen molar-refractivity contribution in [2.45, 2.75) is 0 Å². The van der Waals surface area contributed by atoms with Gasteiger partial charge in [-0.1, -0.05) is 36.4 Å². The van der Waals surface area contributed by atoms with E-state index >= 15 is 0 Å². The van der Waals surface area contributed by atoms with Crippen LogP contribution in [-0.4, -0.2) is 16.0 Å². The molecular formula is C15H12N4O. The summed E-state index contributed by atoms with van der Waals surface area (Å²) in [6, 6.07) is 14.9. The van der Waals surface area contributed by atoms with E-state index in [9.17, 15) is 4.79 Å². The van der Waals surface area contributed by atoms with Gasteiger partial charge in [-0.25, -0.2) is 14.8 Å². The number of hydrogen-bond acceptors (Lipinski definition) is 3. The van der Waals surface area contributed by atoms with Gasteiger partial charge >= 0.3 is 6.03 Å². The van der Waals surface area contributed by atoms with Crippen molar-refractivity contribution in [2.75, 3.05) is 10.6 Å². The highest BCUT2D eigenvalue weighted by Crippen LogP contribution is 2.22. The van der Waals surface area contributed by atoms with Gasteiger partial charge in [-0.3, -0.25) is 5.32 Å². The molecule has 0 radical (unpaired) electrons. The molecule has 0 spiro atoms. The molecule has 1 aromatic heterocycles. The van der Waals surface area contributed by atoms with Crippen LogP contribution in [0, 0.1) is 0 Å². The van der Waals surface area contributed by atoms with E-state index in [4.69, 9.17) is 0 Å². The van der Waals surface area contributed by atoms with E-state index in [0.29, 0.717) is 0 Å². The van der Waals surface area contributed by atoms with Gasteiger partial charge in [0.05, 0.1) is 5.69 Å². The molecule has 1 heterocycles. The molecule has 0 fully saturated rings. The van der Waals surface area contributed by atoms with Gasteiger partial charge < -0.3 is 5.32 Å². The van der Waals surface area contributed by atoms with E-state index < -0.39 is 0 Å². The molecule has 2 N–H and O–H groups in total. The molecule has 0 aliphatic heterocycles. The zero-order valence-electron chi connectivity index (χ0n) is 10.6. The monoisotopic (exact) mass is 264 g/mol. The minimum Gasteiger partial charge on any atom is -0.307 e. The number of rotatable bonds is 2. The highest BCUT2D eigenvalue weighted by Gasteiger charge is 2.06. The first-order chi connectivity index (χ1) is 9.83. The number of benzene rings is 2. The fraction of sp³-hybridized carbons (Fsp3) is 0. The highest BCUT2D eigenvalue weighted by molar-refractivity contribution is 6.05. The number of aromatic nitrogens is 2. The van der Waals surface area contributed by atoms with Crippen molar-refractivity contribution in [2.24, 2.45) is 0 Å². The van der Waals surface area contributed by atoms with E-state index in [2.05, 4.69) is 20.6 Å². The van der Waals surface area contributed by atoms with Crippen molar-refractivity contribution in [3.63, 3.8) is 0 Å². The lowest BCUT2D eigenvalue weighted by atomic mass is 10.1. The molecule has 98 valence electrons. The van der Waals surface area contributed by atoms with Crippen LogP contribution in [0.25, 0.3) is 10.8 Å². The average Bonchev–Trinajstić information content (AvgIpc) is 2.48. The number of anilines is 2. The Morgan fingerprint density at radius 1 is 0.850 bits per heavy atom. The van der Waals surface area contributed by atoms with Gasteiger partial charge in [0.2, 0.25) is 5.95 Å². The van der Waals surface area contributed by atoms with Crippen molar-refractivity contribution in [1.29, 1.82) is 0 Å². The van der Waals surface area contributed by atoms with Gasteiger partial charge in [-0.05, 0) is 17.5 Å². The summed E-state index contributed by atoms with van der Waals surface area (Å²) in [5, 5.41) is 7.44. The Morgan fingerprint density at radius 3 is 2.45 bits per heavy atom. The Morgan fingerprint density at radius 2 is 1.60 bits per heavy atom. The number of carbonyl (C=O) groups excluding carboxylic acids is 1. The summed E-state index contributed by atoms with van der Waals surface area (Å²) in [5.41, 5.74) is 0.747. The lowest BCUT2D eigenvalue weighted by Gasteiger charge is -2.09. The summed E-state index contributed by atoms with van der Waals surface area (Å²) >= 11 is 0. The van der Waals surface area contributed by atoms with Crippen molar-refractivity contribution >= 4 is 28.4 Å². The highest BCUT2D eigenvalue weighted by atomic mass is 16.2. The molecule has 0 aliphatic carbocycles. The molecule has 2 amide bonds. The summed E-state index contributed by atoms with van der Waals surface area (Å²) < 4.78 is 0. The number of hydrogen-bond donors (Lipinski definition) is 2. The molecule has 0 atom stereocenters. The van der Waals surface area contributed by atoms with Crippen LogP contribution in [0.3, 0.4) is 0 Å². The van der Waals surface area contributed by atoms with Gasteiger partial charge in [-0.15, -0.1) is 0 Å². The zero-order valence-corrected chi connectivity index (χ0v) is 10.6. The van der Waals surface area contributed by atoms with Crippen LogP contribution in [-0.2, 0) is 0 Å². The molecule has 20 heavy (non-hydrogen) atoms. The Labute approximate surface area is 115 Å². The average molecular weight is 264 g/mol. The van der Waals surface area contributed by atoms with Gasteiger partial charge in [-0.2, -0.15) is 0 Å².